The molecule has 3 heteroatoms. The van der Waals surface area contributed by atoms with E-state index in [1.54, 1.807) is 0 Å². The van der Waals surface area contributed by atoms with Crippen LogP contribution in [0.2, 0.25) is 0 Å². The SMILES string of the molecule is Cc1ccc(C)c(CNC(=O)C(C)O)c1. The van der Waals surface area contributed by atoms with Crippen molar-refractivity contribution in [3.8, 4) is 0 Å². The molecule has 0 spiro atoms. The second-order valence-electron chi connectivity index (χ2n) is 3.82. The lowest BCUT2D eigenvalue weighted by atomic mass is 10.1. The monoisotopic (exact) mass is 207 g/mol. The van der Waals surface area contributed by atoms with Gasteiger partial charge in [0.2, 0.25) is 5.91 Å². The molecular weight excluding hydrogens is 190 g/mol. The number of benzene rings is 1. The van der Waals surface area contributed by atoms with E-state index in [1.807, 2.05) is 32.0 Å². The molecule has 0 aromatic heterocycles. The minimum absolute atomic E-state index is 0.337. The minimum atomic E-state index is -0.949. The van der Waals surface area contributed by atoms with E-state index >= 15 is 0 Å². The van der Waals surface area contributed by atoms with Gasteiger partial charge in [0.05, 0.1) is 0 Å². The summed E-state index contributed by atoms with van der Waals surface area (Å²) in [6.45, 7) is 5.94. The number of aliphatic hydroxyl groups is 1. The molecule has 1 aromatic carbocycles. The standard InChI is InChI=1S/C12H17NO2/c1-8-4-5-9(2)11(6-8)7-13-12(15)10(3)14/h4-6,10,14H,7H2,1-3H3,(H,13,15). The first-order valence-electron chi connectivity index (χ1n) is 5.02. The fraction of sp³-hybridized carbons (Fsp3) is 0.417. The van der Waals surface area contributed by atoms with Crippen LogP contribution in [0.4, 0.5) is 0 Å². The molecule has 2 N–H and O–H groups in total. The average Bonchev–Trinajstić information content (AvgIpc) is 2.18. The van der Waals surface area contributed by atoms with Crippen molar-refractivity contribution in [1.82, 2.24) is 5.32 Å². The highest BCUT2D eigenvalue weighted by Gasteiger charge is 2.08. The second kappa shape index (κ2) is 4.94. The van der Waals surface area contributed by atoms with E-state index in [-0.39, 0.29) is 5.91 Å². The molecule has 1 amide bonds. The van der Waals surface area contributed by atoms with Crippen LogP contribution in [-0.4, -0.2) is 17.1 Å². The molecule has 0 saturated heterocycles. The molecule has 1 rings (SSSR count). The third-order valence-electron chi connectivity index (χ3n) is 2.34. The lowest BCUT2D eigenvalue weighted by Gasteiger charge is -2.10. The molecular formula is C12H17NO2. The zero-order valence-corrected chi connectivity index (χ0v) is 9.37. The predicted octanol–water partition coefficient (Wildman–Crippen LogP) is 1.30. The number of aliphatic hydroxyl groups excluding tert-OH is 1. The Kier molecular flexibility index (Phi) is 3.86. The molecule has 0 saturated carbocycles. The summed E-state index contributed by atoms with van der Waals surface area (Å²) in [4.78, 5) is 11.2. The first-order chi connectivity index (χ1) is 7.00. The van der Waals surface area contributed by atoms with E-state index in [0.717, 1.165) is 11.1 Å². The van der Waals surface area contributed by atoms with Gasteiger partial charge in [0.15, 0.2) is 0 Å². The summed E-state index contributed by atoms with van der Waals surface area (Å²) < 4.78 is 0. The maximum atomic E-state index is 11.2. The van der Waals surface area contributed by atoms with E-state index < -0.39 is 6.10 Å². The topological polar surface area (TPSA) is 49.3 Å². The van der Waals surface area contributed by atoms with E-state index in [2.05, 4.69) is 5.32 Å². The Labute approximate surface area is 90.1 Å². The highest BCUT2D eigenvalue weighted by atomic mass is 16.3. The normalized spacial score (nSPS) is 12.3. The van der Waals surface area contributed by atoms with Gasteiger partial charge in [0.25, 0.3) is 0 Å². The van der Waals surface area contributed by atoms with Gasteiger partial charge in [-0.15, -0.1) is 0 Å². The molecule has 0 bridgehead atoms. The number of nitrogens with one attached hydrogen (secondary N) is 1. The van der Waals surface area contributed by atoms with Crippen LogP contribution in [0.15, 0.2) is 18.2 Å². The number of carbonyl (C=O) groups excluding carboxylic acids is 1. The van der Waals surface area contributed by atoms with Gasteiger partial charge in [-0.05, 0) is 31.9 Å². The van der Waals surface area contributed by atoms with Crippen molar-refractivity contribution in [3.05, 3.63) is 34.9 Å². The zero-order valence-electron chi connectivity index (χ0n) is 9.37. The minimum Gasteiger partial charge on any atom is -0.384 e. The van der Waals surface area contributed by atoms with Crippen LogP contribution in [0, 0.1) is 13.8 Å². The summed E-state index contributed by atoms with van der Waals surface area (Å²) in [6, 6.07) is 6.10. The first-order valence-corrected chi connectivity index (χ1v) is 5.02. The first kappa shape index (κ1) is 11.7. The Morgan fingerprint density at radius 3 is 2.73 bits per heavy atom. The molecule has 82 valence electrons. The molecule has 0 heterocycles. The Hall–Kier alpha value is -1.35. The Bertz CT molecular complexity index is 359. The van der Waals surface area contributed by atoms with Gasteiger partial charge >= 0.3 is 0 Å². The molecule has 1 unspecified atom stereocenters. The van der Waals surface area contributed by atoms with Crippen LogP contribution < -0.4 is 5.32 Å². The summed E-state index contributed by atoms with van der Waals surface area (Å²) >= 11 is 0. The molecule has 0 aliphatic carbocycles. The van der Waals surface area contributed by atoms with Crippen molar-refractivity contribution in [2.75, 3.05) is 0 Å². The molecule has 15 heavy (non-hydrogen) atoms. The molecule has 0 fully saturated rings. The van der Waals surface area contributed by atoms with Gasteiger partial charge in [-0.2, -0.15) is 0 Å². The van der Waals surface area contributed by atoms with Crippen molar-refractivity contribution in [3.63, 3.8) is 0 Å². The molecule has 0 radical (unpaired) electrons. The van der Waals surface area contributed by atoms with E-state index in [0.29, 0.717) is 6.54 Å². The molecule has 1 aromatic rings. The molecule has 3 nitrogen and oxygen atoms in total. The van der Waals surface area contributed by atoms with E-state index in [9.17, 15) is 4.79 Å². The Morgan fingerprint density at radius 2 is 2.13 bits per heavy atom. The van der Waals surface area contributed by atoms with Gasteiger partial charge in [-0.1, -0.05) is 23.8 Å². The van der Waals surface area contributed by atoms with Gasteiger partial charge in [0, 0.05) is 6.54 Å². The fourth-order valence-corrected chi connectivity index (χ4v) is 1.32. The van der Waals surface area contributed by atoms with Gasteiger partial charge in [-0.3, -0.25) is 4.79 Å². The van der Waals surface area contributed by atoms with Crippen molar-refractivity contribution < 1.29 is 9.90 Å². The number of rotatable bonds is 3. The van der Waals surface area contributed by atoms with Crippen LogP contribution in [0.5, 0.6) is 0 Å². The van der Waals surface area contributed by atoms with Gasteiger partial charge in [-0.25, -0.2) is 0 Å². The van der Waals surface area contributed by atoms with Crippen LogP contribution >= 0.6 is 0 Å². The number of carbonyl (C=O) groups is 1. The van der Waals surface area contributed by atoms with Crippen molar-refractivity contribution >= 4 is 5.91 Å². The number of amides is 1. The lowest BCUT2D eigenvalue weighted by Crippen LogP contribution is -2.32. The fourth-order valence-electron chi connectivity index (χ4n) is 1.32. The summed E-state index contributed by atoms with van der Waals surface area (Å²) in [5.74, 6) is -0.337. The van der Waals surface area contributed by atoms with E-state index in [1.165, 1.54) is 12.5 Å². The third-order valence-corrected chi connectivity index (χ3v) is 2.34. The molecule has 1 atom stereocenters. The summed E-state index contributed by atoms with van der Waals surface area (Å²) in [5, 5.41) is 11.7. The highest BCUT2D eigenvalue weighted by Crippen LogP contribution is 2.10. The highest BCUT2D eigenvalue weighted by molar-refractivity contribution is 5.79. The maximum Gasteiger partial charge on any atom is 0.248 e. The number of aryl methyl sites for hydroxylation is 2. The van der Waals surface area contributed by atoms with Crippen molar-refractivity contribution in [2.45, 2.75) is 33.4 Å². The maximum absolute atomic E-state index is 11.2. The van der Waals surface area contributed by atoms with Crippen LogP contribution in [0.1, 0.15) is 23.6 Å². The molecule has 0 aliphatic heterocycles. The lowest BCUT2D eigenvalue weighted by molar-refractivity contribution is -0.128. The van der Waals surface area contributed by atoms with Crippen molar-refractivity contribution in [2.24, 2.45) is 0 Å². The van der Waals surface area contributed by atoms with Gasteiger partial charge < -0.3 is 10.4 Å². The van der Waals surface area contributed by atoms with Crippen molar-refractivity contribution in [1.29, 1.82) is 0 Å². The summed E-state index contributed by atoms with van der Waals surface area (Å²) in [6.07, 6.45) is -0.949. The Morgan fingerprint density at radius 1 is 1.47 bits per heavy atom. The van der Waals surface area contributed by atoms with Gasteiger partial charge in [0.1, 0.15) is 6.10 Å². The Balaban J connectivity index is 2.65. The third kappa shape index (κ3) is 3.36. The van der Waals surface area contributed by atoms with Crippen LogP contribution in [0.3, 0.4) is 0 Å². The second-order valence-corrected chi connectivity index (χ2v) is 3.82. The van der Waals surface area contributed by atoms with Crippen LogP contribution in [0.25, 0.3) is 0 Å². The zero-order chi connectivity index (χ0) is 11.4. The summed E-state index contributed by atoms with van der Waals surface area (Å²) in [7, 11) is 0. The van der Waals surface area contributed by atoms with E-state index in [4.69, 9.17) is 5.11 Å². The van der Waals surface area contributed by atoms with Crippen LogP contribution in [-0.2, 0) is 11.3 Å². The summed E-state index contributed by atoms with van der Waals surface area (Å²) in [5.41, 5.74) is 3.40. The number of hydrogen-bond donors (Lipinski definition) is 2. The smallest absolute Gasteiger partial charge is 0.248 e. The average molecular weight is 207 g/mol. The predicted molar refractivity (Wildman–Crippen MR) is 59.4 cm³/mol. The largest absolute Gasteiger partial charge is 0.384 e. The number of hydrogen-bond acceptors (Lipinski definition) is 2. The quantitative estimate of drug-likeness (QED) is 0.785. The molecule has 0 aliphatic rings.